The summed E-state index contributed by atoms with van der Waals surface area (Å²) in [4.78, 5) is 24.3. The molecule has 4 heterocycles. The van der Waals surface area contributed by atoms with Gasteiger partial charge in [-0.15, -0.1) is 0 Å². The first-order valence-corrected chi connectivity index (χ1v) is 13.3. The van der Waals surface area contributed by atoms with Crippen LogP contribution < -0.4 is 10.3 Å². The van der Waals surface area contributed by atoms with Crippen LogP contribution in [0.15, 0.2) is 27.9 Å². The Bertz CT molecular complexity index is 1250. The summed E-state index contributed by atoms with van der Waals surface area (Å²) in [7, 11) is 1.79. The summed E-state index contributed by atoms with van der Waals surface area (Å²) in [5, 5.41) is 13.7. The molecule has 0 bridgehead atoms. The molecule has 0 saturated carbocycles. The van der Waals surface area contributed by atoms with E-state index < -0.39 is 0 Å². The van der Waals surface area contributed by atoms with Crippen LogP contribution in [0.1, 0.15) is 26.0 Å². The topological polar surface area (TPSA) is 99.5 Å². The molecule has 2 aliphatic heterocycles. The molecule has 0 aliphatic carbocycles. The quantitative estimate of drug-likeness (QED) is 0.412. The van der Waals surface area contributed by atoms with Crippen molar-refractivity contribution in [3.63, 3.8) is 0 Å². The predicted octanol–water partition coefficient (Wildman–Crippen LogP) is 2.54. The molecule has 0 spiro atoms. The molecular formula is C25H34N6O3S. The van der Waals surface area contributed by atoms with Crippen molar-refractivity contribution in [3.05, 3.63) is 34.2 Å². The van der Waals surface area contributed by atoms with Crippen molar-refractivity contribution in [2.45, 2.75) is 31.6 Å². The maximum Gasteiger partial charge on any atom is 0.277 e. The van der Waals surface area contributed by atoms with Crippen molar-refractivity contribution in [1.82, 2.24) is 29.0 Å². The van der Waals surface area contributed by atoms with Gasteiger partial charge in [-0.2, -0.15) is 5.10 Å². The lowest BCUT2D eigenvalue weighted by Crippen LogP contribution is -2.55. The zero-order valence-corrected chi connectivity index (χ0v) is 21.5. The summed E-state index contributed by atoms with van der Waals surface area (Å²) in [6.45, 7) is 10.1. The van der Waals surface area contributed by atoms with Gasteiger partial charge in [-0.3, -0.25) is 9.48 Å². The summed E-state index contributed by atoms with van der Waals surface area (Å²) in [5.41, 5.74) is 2.60. The van der Waals surface area contributed by atoms with Crippen molar-refractivity contribution in [2.75, 3.05) is 45.9 Å². The Hall–Kier alpha value is -2.40. The summed E-state index contributed by atoms with van der Waals surface area (Å²) >= 11 is 1.73. The number of aromatic nitrogens is 4. The average Bonchev–Trinajstić information content (AvgIpc) is 3.10. The van der Waals surface area contributed by atoms with E-state index in [0.717, 1.165) is 61.7 Å². The van der Waals surface area contributed by atoms with E-state index in [4.69, 9.17) is 9.72 Å². The number of fused-ring (bicyclic) bond motifs is 1. The molecule has 1 aromatic carbocycles. The van der Waals surface area contributed by atoms with Gasteiger partial charge in [0, 0.05) is 57.2 Å². The Kier molecular flexibility index (Phi) is 7.15. The molecule has 0 unspecified atom stereocenters. The van der Waals surface area contributed by atoms with Crippen molar-refractivity contribution in [2.24, 2.45) is 18.9 Å². The standard InChI is InChI=1S/C25H34N6O3S/c1-4-6-20-22-23(29(3)28-20)25(33)27-24(26-22)19-9-18(7-8-21(19)34-5-2)35-31-13-16(14-31)10-30-11-17(12-30)15-32/h7-9,16-17,32H,4-6,10-15H2,1-3H3,(H,26,27,33). The van der Waals surface area contributed by atoms with E-state index in [1.54, 1.807) is 23.7 Å². The van der Waals surface area contributed by atoms with Crippen LogP contribution in [0.25, 0.3) is 22.4 Å². The van der Waals surface area contributed by atoms with Gasteiger partial charge in [0.05, 0.1) is 17.9 Å². The zero-order valence-electron chi connectivity index (χ0n) is 20.7. The summed E-state index contributed by atoms with van der Waals surface area (Å²) in [5.74, 6) is 2.36. The molecule has 3 aromatic rings. The van der Waals surface area contributed by atoms with E-state index in [2.05, 4.69) is 38.3 Å². The second-order valence-electron chi connectivity index (χ2n) is 9.59. The molecule has 0 atom stereocenters. The highest BCUT2D eigenvalue weighted by Crippen LogP contribution is 2.37. The van der Waals surface area contributed by atoms with Gasteiger partial charge in [-0.1, -0.05) is 13.3 Å². The molecule has 2 saturated heterocycles. The van der Waals surface area contributed by atoms with E-state index >= 15 is 0 Å². The van der Waals surface area contributed by atoms with Gasteiger partial charge in [-0.05, 0) is 49.4 Å². The number of aryl methyl sites for hydroxylation is 2. The minimum atomic E-state index is -0.192. The molecule has 35 heavy (non-hydrogen) atoms. The Morgan fingerprint density at radius 3 is 2.71 bits per heavy atom. The monoisotopic (exact) mass is 498 g/mol. The van der Waals surface area contributed by atoms with Crippen LogP contribution >= 0.6 is 11.9 Å². The molecule has 188 valence electrons. The lowest BCUT2D eigenvalue weighted by molar-refractivity contribution is 0.0244. The molecule has 2 aliphatic rings. The second-order valence-corrected chi connectivity index (χ2v) is 10.8. The van der Waals surface area contributed by atoms with Crippen molar-refractivity contribution in [3.8, 4) is 17.1 Å². The number of nitrogens with one attached hydrogen (secondary N) is 1. The fraction of sp³-hybridized carbons (Fsp3) is 0.560. The highest BCUT2D eigenvalue weighted by atomic mass is 32.2. The number of aliphatic hydroxyl groups excluding tert-OH is 1. The van der Waals surface area contributed by atoms with Gasteiger partial charge in [0.25, 0.3) is 5.56 Å². The average molecular weight is 499 g/mol. The number of hydrogen-bond acceptors (Lipinski definition) is 8. The molecular weight excluding hydrogens is 464 g/mol. The summed E-state index contributed by atoms with van der Waals surface area (Å²) in [6.07, 6.45) is 1.71. The van der Waals surface area contributed by atoms with E-state index in [0.29, 0.717) is 47.7 Å². The molecule has 9 nitrogen and oxygen atoms in total. The molecule has 0 amide bonds. The molecule has 2 N–H and O–H groups in total. The van der Waals surface area contributed by atoms with Crippen LogP contribution in [0.4, 0.5) is 0 Å². The largest absolute Gasteiger partial charge is 0.493 e. The highest BCUT2D eigenvalue weighted by Gasteiger charge is 2.33. The van der Waals surface area contributed by atoms with Crippen LogP contribution in [-0.4, -0.2) is 80.0 Å². The first kappa shape index (κ1) is 24.3. The number of ether oxygens (including phenoxy) is 1. The summed E-state index contributed by atoms with van der Waals surface area (Å²) in [6, 6.07) is 6.09. The van der Waals surface area contributed by atoms with Crippen molar-refractivity contribution >= 4 is 23.0 Å². The van der Waals surface area contributed by atoms with Gasteiger partial charge in [0.2, 0.25) is 0 Å². The maximum atomic E-state index is 13.0. The Balaban J connectivity index is 1.35. The highest BCUT2D eigenvalue weighted by molar-refractivity contribution is 7.97. The lowest BCUT2D eigenvalue weighted by Gasteiger charge is -2.45. The van der Waals surface area contributed by atoms with Crippen LogP contribution in [0, 0.1) is 11.8 Å². The molecule has 0 radical (unpaired) electrons. The third kappa shape index (κ3) is 4.97. The number of rotatable bonds is 10. The van der Waals surface area contributed by atoms with Gasteiger partial charge >= 0.3 is 0 Å². The molecule has 5 rings (SSSR count). The van der Waals surface area contributed by atoms with E-state index in [9.17, 15) is 9.90 Å². The third-order valence-corrected chi connectivity index (χ3v) is 7.74. The van der Waals surface area contributed by atoms with Crippen LogP contribution in [0.3, 0.4) is 0 Å². The van der Waals surface area contributed by atoms with Gasteiger partial charge in [-0.25, -0.2) is 9.29 Å². The number of H-pyrrole nitrogens is 1. The zero-order chi connectivity index (χ0) is 24.5. The van der Waals surface area contributed by atoms with Crippen molar-refractivity contribution < 1.29 is 9.84 Å². The van der Waals surface area contributed by atoms with Crippen LogP contribution in [-0.2, 0) is 13.5 Å². The van der Waals surface area contributed by atoms with Crippen LogP contribution in [0.5, 0.6) is 5.75 Å². The van der Waals surface area contributed by atoms with Gasteiger partial charge in [0.1, 0.15) is 17.1 Å². The Labute approximate surface area is 209 Å². The number of benzene rings is 1. The number of nitrogens with zero attached hydrogens (tertiary/aromatic N) is 5. The number of aliphatic hydroxyl groups is 1. The first-order valence-electron chi connectivity index (χ1n) is 12.5. The lowest BCUT2D eigenvalue weighted by atomic mass is 9.96. The van der Waals surface area contributed by atoms with E-state index in [1.807, 2.05) is 13.0 Å². The normalized spacial score (nSPS) is 17.6. The van der Waals surface area contributed by atoms with Crippen molar-refractivity contribution in [1.29, 1.82) is 0 Å². The van der Waals surface area contributed by atoms with E-state index in [1.165, 1.54) is 0 Å². The molecule has 2 aromatic heterocycles. The van der Waals surface area contributed by atoms with Gasteiger partial charge < -0.3 is 19.7 Å². The van der Waals surface area contributed by atoms with E-state index in [-0.39, 0.29) is 5.56 Å². The Morgan fingerprint density at radius 2 is 2.00 bits per heavy atom. The fourth-order valence-corrected chi connectivity index (χ4v) is 6.15. The minimum absolute atomic E-state index is 0.192. The smallest absolute Gasteiger partial charge is 0.277 e. The number of hydrogen-bond donors (Lipinski definition) is 2. The van der Waals surface area contributed by atoms with Gasteiger partial charge in [0.15, 0.2) is 5.52 Å². The number of likely N-dealkylation sites (tertiary alicyclic amines) is 1. The minimum Gasteiger partial charge on any atom is -0.493 e. The Morgan fingerprint density at radius 1 is 1.20 bits per heavy atom. The second kappa shape index (κ2) is 10.3. The third-order valence-electron chi connectivity index (χ3n) is 6.72. The molecule has 2 fully saturated rings. The maximum absolute atomic E-state index is 13.0. The first-order chi connectivity index (χ1) is 17.0. The molecule has 10 heteroatoms. The number of aromatic amines is 1. The summed E-state index contributed by atoms with van der Waals surface area (Å²) < 4.78 is 9.88. The fourth-order valence-electron chi connectivity index (χ4n) is 4.98. The SMILES string of the molecule is CCCc1nn(C)c2c(=O)[nH]c(-c3cc(SN4CC(CN5CC(CO)C5)C4)ccc3OCC)nc12. The van der Waals surface area contributed by atoms with Crippen LogP contribution in [0.2, 0.25) is 0 Å². The predicted molar refractivity (Wildman–Crippen MR) is 138 cm³/mol.